The summed E-state index contributed by atoms with van der Waals surface area (Å²) in [6, 6.07) is 0. The van der Waals surface area contributed by atoms with Crippen LogP contribution < -0.4 is 0 Å². The van der Waals surface area contributed by atoms with Gasteiger partial charge in [-0.2, -0.15) is 0 Å². The Hall–Kier alpha value is -1.41. The molecule has 1 unspecified atom stereocenters. The maximum Gasteiger partial charge on any atom is 0.139 e. The van der Waals surface area contributed by atoms with Gasteiger partial charge in [-0.3, -0.25) is 9.69 Å². The molecule has 0 spiro atoms. The van der Waals surface area contributed by atoms with Crippen LogP contribution in [-0.2, 0) is 4.79 Å². The van der Waals surface area contributed by atoms with Gasteiger partial charge in [-0.15, -0.1) is 26.3 Å². The van der Waals surface area contributed by atoms with E-state index in [2.05, 4.69) is 31.2 Å². The van der Waals surface area contributed by atoms with Crippen molar-refractivity contribution < 1.29 is 4.79 Å². The van der Waals surface area contributed by atoms with Crippen LogP contribution in [0.15, 0.2) is 50.6 Å². The van der Waals surface area contributed by atoms with Crippen LogP contribution in [0.3, 0.4) is 0 Å². The van der Waals surface area contributed by atoms with Crippen LogP contribution in [0, 0.1) is 5.92 Å². The monoisotopic (exact) mass is 259 g/mol. The van der Waals surface area contributed by atoms with Crippen molar-refractivity contribution >= 4 is 5.78 Å². The highest BCUT2D eigenvalue weighted by molar-refractivity contribution is 5.83. The first-order valence-electron chi connectivity index (χ1n) is 6.87. The first kappa shape index (κ1) is 15.6. The fraction of sp³-hybridized carbons (Fsp3) is 0.471. The van der Waals surface area contributed by atoms with Gasteiger partial charge >= 0.3 is 0 Å². The zero-order valence-corrected chi connectivity index (χ0v) is 11.8. The Morgan fingerprint density at radius 3 is 2.21 bits per heavy atom. The molecule has 0 saturated carbocycles. The first-order valence-corrected chi connectivity index (χ1v) is 6.87. The van der Waals surface area contributed by atoms with Gasteiger partial charge < -0.3 is 0 Å². The predicted molar refractivity (Wildman–Crippen MR) is 82.1 cm³/mol. The summed E-state index contributed by atoms with van der Waals surface area (Å²) in [6.07, 6.45) is 10.5. The molecule has 0 bridgehead atoms. The molecule has 0 N–H and O–H groups in total. The lowest BCUT2D eigenvalue weighted by Gasteiger charge is -2.50. The van der Waals surface area contributed by atoms with Crippen LogP contribution in [0.1, 0.15) is 25.7 Å². The third-order valence-electron chi connectivity index (χ3n) is 4.04. The number of hydrogen-bond donors (Lipinski definition) is 0. The van der Waals surface area contributed by atoms with Crippen LogP contribution in [0.2, 0.25) is 0 Å². The average Bonchev–Trinajstić information content (AvgIpc) is 2.39. The van der Waals surface area contributed by atoms with E-state index in [9.17, 15) is 4.79 Å². The van der Waals surface area contributed by atoms with E-state index in [4.69, 9.17) is 0 Å². The van der Waals surface area contributed by atoms with Gasteiger partial charge in [0.15, 0.2) is 0 Å². The van der Waals surface area contributed by atoms with E-state index in [1.165, 1.54) is 0 Å². The lowest BCUT2D eigenvalue weighted by molar-refractivity contribution is -0.134. The standard InChI is InChI=1S/C17H25NO/c1-5-9-15-16(19)10-14-18(13-8-4)17(15,11-6-2)12-7-3/h5-8,15H,1-4,9-14H2. The molecule has 0 aromatic heterocycles. The number of likely N-dealkylation sites (tertiary alicyclic amines) is 1. The molecule has 0 aromatic carbocycles. The van der Waals surface area contributed by atoms with Crippen LogP contribution in [0.5, 0.6) is 0 Å². The lowest BCUT2D eigenvalue weighted by Crippen LogP contribution is -2.59. The van der Waals surface area contributed by atoms with Crippen molar-refractivity contribution in [2.75, 3.05) is 13.1 Å². The van der Waals surface area contributed by atoms with Gasteiger partial charge in [0.1, 0.15) is 5.78 Å². The molecule has 1 heterocycles. The quantitative estimate of drug-likeness (QED) is 0.621. The highest BCUT2D eigenvalue weighted by Crippen LogP contribution is 2.40. The number of piperidine rings is 1. The summed E-state index contributed by atoms with van der Waals surface area (Å²) < 4.78 is 0. The van der Waals surface area contributed by atoms with E-state index in [0.29, 0.717) is 18.6 Å². The summed E-state index contributed by atoms with van der Waals surface area (Å²) in [5.74, 6) is 0.318. The van der Waals surface area contributed by atoms with Gasteiger partial charge in [0, 0.05) is 31.0 Å². The third-order valence-corrected chi connectivity index (χ3v) is 4.04. The Labute approximate surface area is 117 Å². The molecule has 0 amide bonds. The van der Waals surface area contributed by atoms with Gasteiger partial charge in [-0.1, -0.05) is 24.3 Å². The smallest absolute Gasteiger partial charge is 0.139 e. The van der Waals surface area contributed by atoms with Gasteiger partial charge in [0.05, 0.1) is 0 Å². The van der Waals surface area contributed by atoms with E-state index >= 15 is 0 Å². The lowest BCUT2D eigenvalue weighted by atomic mass is 9.70. The molecule has 1 aliphatic rings. The molecule has 19 heavy (non-hydrogen) atoms. The molecule has 2 nitrogen and oxygen atoms in total. The largest absolute Gasteiger partial charge is 0.299 e. The summed E-state index contributed by atoms with van der Waals surface area (Å²) in [5, 5.41) is 0. The summed E-state index contributed by atoms with van der Waals surface area (Å²) in [4.78, 5) is 14.7. The topological polar surface area (TPSA) is 20.3 Å². The minimum absolute atomic E-state index is 0.0188. The number of nitrogens with zero attached hydrogens (tertiary/aromatic N) is 1. The Bertz CT molecular complexity index is 359. The molecule has 0 aliphatic carbocycles. The molecule has 1 rings (SSSR count). The normalized spacial score (nSPS) is 22.7. The molecule has 0 radical (unpaired) electrons. The average molecular weight is 259 g/mol. The third kappa shape index (κ3) is 3.13. The molecule has 1 fully saturated rings. The predicted octanol–water partition coefficient (Wildman–Crippen LogP) is 3.53. The van der Waals surface area contributed by atoms with Crippen LogP contribution in [0.25, 0.3) is 0 Å². The number of Topliss-reactive ketones (excluding diaryl/α,β-unsaturated/α-hetero) is 1. The molecule has 104 valence electrons. The summed E-state index contributed by atoms with van der Waals surface area (Å²) in [5.41, 5.74) is -0.207. The number of hydrogen-bond acceptors (Lipinski definition) is 2. The fourth-order valence-corrected chi connectivity index (χ4v) is 3.23. The minimum atomic E-state index is -0.207. The van der Waals surface area contributed by atoms with E-state index in [-0.39, 0.29) is 11.5 Å². The SMILES string of the molecule is C=CCC1C(=O)CCN(CC=C)C1(CC=C)CC=C. The van der Waals surface area contributed by atoms with Crippen molar-refractivity contribution in [2.45, 2.75) is 31.2 Å². The van der Waals surface area contributed by atoms with Gasteiger partial charge in [-0.05, 0) is 19.3 Å². The summed E-state index contributed by atoms with van der Waals surface area (Å²) in [6.45, 7) is 17.0. The Morgan fingerprint density at radius 2 is 1.74 bits per heavy atom. The van der Waals surface area contributed by atoms with Crippen molar-refractivity contribution in [3.8, 4) is 0 Å². The number of rotatable bonds is 8. The van der Waals surface area contributed by atoms with Crippen molar-refractivity contribution in [2.24, 2.45) is 5.92 Å². The molecule has 1 aliphatic heterocycles. The van der Waals surface area contributed by atoms with Crippen molar-refractivity contribution in [3.63, 3.8) is 0 Å². The van der Waals surface area contributed by atoms with E-state index in [1.54, 1.807) is 0 Å². The second kappa shape index (κ2) is 7.25. The number of carbonyl (C=O) groups excluding carboxylic acids is 1. The number of carbonyl (C=O) groups is 1. The second-order valence-corrected chi connectivity index (χ2v) is 5.12. The Morgan fingerprint density at radius 1 is 1.11 bits per heavy atom. The molecule has 2 heteroatoms. The number of allylic oxidation sites excluding steroid dienone is 1. The molecule has 1 saturated heterocycles. The highest BCUT2D eigenvalue weighted by atomic mass is 16.1. The van der Waals surface area contributed by atoms with Crippen molar-refractivity contribution in [1.82, 2.24) is 4.90 Å². The second-order valence-electron chi connectivity index (χ2n) is 5.12. The van der Waals surface area contributed by atoms with Gasteiger partial charge in [-0.25, -0.2) is 0 Å². The van der Waals surface area contributed by atoms with E-state index < -0.39 is 0 Å². The first-order chi connectivity index (χ1) is 9.16. The molecular formula is C17H25NO. The van der Waals surface area contributed by atoms with Crippen molar-refractivity contribution in [3.05, 3.63) is 50.6 Å². The zero-order valence-electron chi connectivity index (χ0n) is 11.8. The highest BCUT2D eigenvalue weighted by Gasteiger charge is 2.47. The fourth-order valence-electron chi connectivity index (χ4n) is 3.23. The number of ketones is 1. The zero-order chi connectivity index (χ0) is 14.3. The Balaban J connectivity index is 3.21. The maximum absolute atomic E-state index is 12.3. The molecular weight excluding hydrogens is 234 g/mol. The van der Waals surface area contributed by atoms with Crippen LogP contribution in [0.4, 0.5) is 0 Å². The summed E-state index contributed by atoms with van der Waals surface area (Å²) in [7, 11) is 0. The molecule has 0 aromatic rings. The maximum atomic E-state index is 12.3. The van der Waals surface area contributed by atoms with Gasteiger partial charge in [0.25, 0.3) is 0 Å². The van der Waals surface area contributed by atoms with E-state index in [0.717, 1.165) is 25.9 Å². The Kier molecular flexibility index (Phi) is 5.97. The van der Waals surface area contributed by atoms with Crippen LogP contribution in [-0.4, -0.2) is 29.3 Å². The molecule has 1 atom stereocenters. The summed E-state index contributed by atoms with van der Waals surface area (Å²) >= 11 is 0. The van der Waals surface area contributed by atoms with Gasteiger partial charge in [0.2, 0.25) is 0 Å². The minimum Gasteiger partial charge on any atom is -0.299 e. The van der Waals surface area contributed by atoms with Crippen LogP contribution >= 0.6 is 0 Å². The van der Waals surface area contributed by atoms with E-state index in [1.807, 2.05) is 24.3 Å². The van der Waals surface area contributed by atoms with Crippen molar-refractivity contribution in [1.29, 1.82) is 0 Å².